The number of methoxy groups -OCH3 is 1. The molecule has 2 aliphatic rings. The Morgan fingerprint density at radius 3 is 2.78 bits per heavy atom. The Morgan fingerprint density at radius 1 is 1.15 bits per heavy atom. The maximum atomic E-state index is 10.7. The molecule has 2 fully saturated rings. The molecule has 0 bridgehead atoms. The van der Waals surface area contributed by atoms with Gasteiger partial charge in [0.15, 0.2) is 17.7 Å². The minimum absolute atomic E-state index is 0.0557. The number of hydrogen-bond acceptors (Lipinski definition) is 10. The molecule has 1 saturated carbocycles. The lowest BCUT2D eigenvalue weighted by molar-refractivity contribution is -0.0346. The Hall–Kier alpha value is -3.16. The lowest BCUT2D eigenvalue weighted by atomic mass is 9.72. The largest absolute Gasteiger partial charge is 0.387 e. The van der Waals surface area contributed by atoms with Crippen LogP contribution in [0.5, 0.6) is 0 Å². The zero-order valence-electron chi connectivity index (χ0n) is 23.8. The fraction of sp³-hybridized carbons (Fsp3) is 0.586. The van der Waals surface area contributed by atoms with Crippen molar-refractivity contribution in [1.82, 2.24) is 34.8 Å². The SMILES string of the molecule is COCC(C)(C)c1ccc2[nH]c(CCC3CC(CNC[C@H]4O[C@@H](n5cnc6c(N)ncnc65)[C@H](O)[C@@H]4O)C3)nc2c1. The molecule has 6 rings (SSSR count). The summed E-state index contributed by atoms with van der Waals surface area (Å²) in [6, 6.07) is 6.46. The topological polar surface area (TPSA) is 169 Å². The summed E-state index contributed by atoms with van der Waals surface area (Å²) in [5, 5.41) is 24.7. The van der Waals surface area contributed by atoms with Crippen LogP contribution in [0.15, 0.2) is 30.9 Å². The van der Waals surface area contributed by atoms with Gasteiger partial charge in [-0.1, -0.05) is 19.9 Å². The number of benzene rings is 1. The van der Waals surface area contributed by atoms with Crippen molar-refractivity contribution >= 4 is 28.0 Å². The quantitative estimate of drug-likeness (QED) is 0.182. The molecule has 6 N–H and O–H groups in total. The number of nitrogen functional groups attached to an aromatic ring is 1. The van der Waals surface area contributed by atoms with Crippen molar-refractivity contribution in [1.29, 1.82) is 0 Å². The number of rotatable bonds is 11. The molecule has 0 unspecified atom stereocenters. The van der Waals surface area contributed by atoms with Crippen LogP contribution in [0.4, 0.5) is 5.82 Å². The van der Waals surface area contributed by atoms with E-state index < -0.39 is 24.5 Å². The summed E-state index contributed by atoms with van der Waals surface area (Å²) in [7, 11) is 1.74. The Balaban J connectivity index is 0.944. The first kappa shape index (κ1) is 28.0. The third kappa shape index (κ3) is 5.54. The number of nitrogens with two attached hydrogens (primary N) is 1. The Morgan fingerprint density at radius 2 is 1.98 bits per heavy atom. The van der Waals surface area contributed by atoms with Gasteiger partial charge < -0.3 is 35.7 Å². The van der Waals surface area contributed by atoms with Crippen LogP contribution in [-0.2, 0) is 21.3 Å². The summed E-state index contributed by atoms with van der Waals surface area (Å²) < 4.78 is 13.0. The number of hydrogen-bond donors (Lipinski definition) is 5. The second-order valence-electron chi connectivity index (χ2n) is 12.3. The minimum Gasteiger partial charge on any atom is -0.387 e. The van der Waals surface area contributed by atoms with Crippen molar-refractivity contribution in [3.05, 3.63) is 42.2 Å². The monoisotopic (exact) mass is 564 g/mol. The van der Waals surface area contributed by atoms with Gasteiger partial charge in [0.1, 0.15) is 36.0 Å². The summed E-state index contributed by atoms with van der Waals surface area (Å²) in [4.78, 5) is 20.7. The van der Waals surface area contributed by atoms with Crippen molar-refractivity contribution in [3.63, 3.8) is 0 Å². The van der Waals surface area contributed by atoms with Gasteiger partial charge >= 0.3 is 0 Å². The summed E-state index contributed by atoms with van der Waals surface area (Å²) >= 11 is 0. The summed E-state index contributed by atoms with van der Waals surface area (Å²) in [5.74, 6) is 2.59. The maximum Gasteiger partial charge on any atom is 0.167 e. The van der Waals surface area contributed by atoms with E-state index in [2.05, 4.69) is 57.3 Å². The molecule has 4 aromatic rings. The number of aliphatic hydroxyl groups is 2. The van der Waals surface area contributed by atoms with E-state index in [1.807, 2.05) is 0 Å². The Labute approximate surface area is 238 Å². The van der Waals surface area contributed by atoms with Gasteiger partial charge in [0, 0.05) is 25.5 Å². The number of aromatic amines is 1. The normalized spacial score (nSPS) is 26.7. The number of aliphatic hydroxyl groups excluding tert-OH is 2. The molecule has 220 valence electrons. The number of H-pyrrole nitrogens is 1. The van der Waals surface area contributed by atoms with Crippen LogP contribution in [0.3, 0.4) is 0 Å². The van der Waals surface area contributed by atoms with Crippen LogP contribution in [0, 0.1) is 11.8 Å². The van der Waals surface area contributed by atoms with Crippen LogP contribution < -0.4 is 11.1 Å². The number of nitrogens with zero attached hydrogens (tertiary/aromatic N) is 5. The third-order valence-electron chi connectivity index (χ3n) is 8.72. The van der Waals surface area contributed by atoms with Gasteiger partial charge in [0.2, 0.25) is 0 Å². The number of fused-ring (bicyclic) bond motifs is 2. The highest BCUT2D eigenvalue weighted by Gasteiger charge is 2.44. The number of aromatic nitrogens is 6. The second-order valence-corrected chi connectivity index (χ2v) is 12.3. The molecule has 0 radical (unpaired) electrons. The molecule has 4 heterocycles. The first-order valence-corrected chi connectivity index (χ1v) is 14.4. The molecule has 0 spiro atoms. The van der Waals surface area contributed by atoms with E-state index in [0.29, 0.717) is 36.2 Å². The van der Waals surface area contributed by atoms with Gasteiger partial charge in [0.25, 0.3) is 0 Å². The number of nitrogens with one attached hydrogen (secondary N) is 2. The molecule has 4 atom stereocenters. The van der Waals surface area contributed by atoms with Crippen LogP contribution in [-0.4, -0.2) is 84.8 Å². The van der Waals surface area contributed by atoms with Crippen molar-refractivity contribution in [2.45, 2.75) is 69.5 Å². The van der Waals surface area contributed by atoms with E-state index in [0.717, 1.165) is 36.2 Å². The van der Waals surface area contributed by atoms with Gasteiger partial charge in [-0.15, -0.1) is 0 Å². The van der Waals surface area contributed by atoms with Crippen molar-refractivity contribution in [2.24, 2.45) is 11.8 Å². The Bertz CT molecular complexity index is 1500. The number of imidazole rings is 2. The predicted molar refractivity (Wildman–Crippen MR) is 154 cm³/mol. The van der Waals surface area contributed by atoms with Crippen molar-refractivity contribution in [2.75, 3.05) is 32.5 Å². The highest BCUT2D eigenvalue weighted by atomic mass is 16.6. The average Bonchev–Trinajstić information content (AvgIpc) is 3.61. The summed E-state index contributed by atoms with van der Waals surface area (Å²) in [5.41, 5.74) is 10.0. The molecule has 1 saturated heterocycles. The minimum atomic E-state index is -1.11. The molecule has 12 heteroatoms. The summed E-state index contributed by atoms with van der Waals surface area (Å²) in [6.45, 7) is 6.34. The van der Waals surface area contributed by atoms with E-state index in [4.69, 9.17) is 20.2 Å². The first-order valence-electron chi connectivity index (χ1n) is 14.4. The molecule has 1 aromatic carbocycles. The van der Waals surface area contributed by atoms with E-state index >= 15 is 0 Å². The van der Waals surface area contributed by atoms with Crippen LogP contribution in [0.2, 0.25) is 0 Å². The average molecular weight is 565 g/mol. The van der Waals surface area contributed by atoms with E-state index in [9.17, 15) is 10.2 Å². The maximum absolute atomic E-state index is 10.7. The third-order valence-corrected chi connectivity index (χ3v) is 8.72. The molecule has 41 heavy (non-hydrogen) atoms. The highest BCUT2D eigenvalue weighted by molar-refractivity contribution is 5.81. The molecule has 1 aliphatic carbocycles. The van der Waals surface area contributed by atoms with Gasteiger partial charge in [-0.05, 0) is 55.3 Å². The number of ether oxygens (including phenoxy) is 2. The van der Waals surface area contributed by atoms with Crippen molar-refractivity contribution in [3.8, 4) is 0 Å². The van der Waals surface area contributed by atoms with Gasteiger partial charge in [0.05, 0.1) is 24.0 Å². The zero-order chi connectivity index (χ0) is 28.7. The second kappa shape index (κ2) is 11.3. The van der Waals surface area contributed by atoms with Crippen molar-refractivity contribution < 1.29 is 19.7 Å². The van der Waals surface area contributed by atoms with Gasteiger partial charge in [-0.3, -0.25) is 4.57 Å². The standard InChI is InChI=1S/C29H40N8O4/c1-29(2,13-40-3)18-5-6-19-20(10-18)36-22(35-19)7-4-16-8-17(9-16)11-31-12-21-24(38)25(39)28(41-21)37-15-34-23-26(30)32-14-33-27(23)37/h5-6,10,14-17,21,24-25,28,31,38-39H,4,7-9,11-13H2,1-3H3,(H,35,36)(H2,30,32,33)/t16?,17?,21-,24-,25-,28-/m1/s1. The lowest BCUT2D eigenvalue weighted by Crippen LogP contribution is -2.41. The molecule has 0 amide bonds. The summed E-state index contributed by atoms with van der Waals surface area (Å²) in [6.07, 6.45) is 3.77. The van der Waals surface area contributed by atoms with Gasteiger partial charge in [-0.2, -0.15) is 0 Å². The van der Waals surface area contributed by atoms with E-state index in [-0.39, 0.29) is 11.2 Å². The van der Waals surface area contributed by atoms with Crippen LogP contribution >= 0.6 is 0 Å². The van der Waals surface area contributed by atoms with Crippen LogP contribution in [0.25, 0.3) is 22.2 Å². The molecular weight excluding hydrogens is 524 g/mol. The lowest BCUT2D eigenvalue weighted by Gasteiger charge is -2.35. The zero-order valence-corrected chi connectivity index (χ0v) is 23.8. The fourth-order valence-corrected chi connectivity index (χ4v) is 6.27. The molecular formula is C29H40N8O4. The van der Waals surface area contributed by atoms with Crippen LogP contribution in [0.1, 0.15) is 50.7 Å². The highest BCUT2D eigenvalue weighted by Crippen LogP contribution is 2.37. The van der Waals surface area contributed by atoms with Gasteiger partial charge in [-0.25, -0.2) is 19.9 Å². The Kier molecular flexibility index (Phi) is 7.68. The molecule has 12 nitrogen and oxygen atoms in total. The first-order chi connectivity index (χ1) is 19.7. The smallest absolute Gasteiger partial charge is 0.167 e. The number of aryl methyl sites for hydroxylation is 1. The molecule has 1 aliphatic heterocycles. The molecule has 3 aromatic heterocycles. The number of anilines is 1. The predicted octanol–water partition coefficient (Wildman–Crippen LogP) is 2.08. The fourth-order valence-electron chi connectivity index (χ4n) is 6.27. The van der Waals surface area contributed by atoms with E-state index in [1.165, 1.54) is 31.1 Å². The van der Waals surface area contributed by atoms with E-state index in [1.54, 1.807) is 11.7 Å².